The lowest BCUT2D eigenvalue weighted by molar-refractivity contribution is 0.184. The Bertz CT molecular complexity index is 1350. The highest BCUT2D eigenvalue weighted by Gasteiger charge is 2.17. The van der Waals surface area contributed by atoms with E-state index in [2.05, 4.69) is 34.1 Å². The predicted molar refractivity (Wildman–Crippen MR) is 142 cm³/mol. The summed E-state index contributed by atoms with van der Waals surface area (Å²) in [5.41, 5.74) is 7.29. The van der Waals surface area contributed by atoms with E-state index in [1.54, 1.807) is 26.7 Å². The minimum absolute atomic E-state index is 0.488. The van der Waals surface area contributed by atoms with Gasteiger partial charge in [0.25, 0.3) is 0 Å². The summed E-state index contributed by atoms with van der Waals surface area (Å²) in [6, 6.07) is 13.8. The van der Waals surface area contributed by atoms with Crippen LogP contribution in [0.15, 0.2) is 55.1 Å². The highest BCUT2D eigenvalue weighted by Crippen LogP contribution is 2.38. The Labute approximate surface area is 212 Å². The first-order valence-electron chi connectivity index (χ1n) is 12.2. The molecular weight excluding hydrogens is 450 g/mol. The standard InChI is InChI=1S/C23H20N4O2.C6H13N/c1-15-19(13-28-2)8-18(11-26-15)23-20(17-6-4-16(10-24)5-7-17)9-22(29-3)21-12-25-14-27(21)23;1-7-5-3-2-4-6-7/h4-9,11-12,14H,13H2,1-3H3;2-6H2,1H3. The van der Waals surface area contributed by atoms with Crippen LogP contribution >= 0.6 is 0 Å². The maximum Gasteiger partial charge on any atom is 0.145 e. The molecule has 36 heavy (non-hydrogen) atoms. The minimum Gasteiger partial charge on any atom is -0.494 e. The van der Waals surface area contributed by atoms with Gasteiger partial charge in [-0.25, -0.2) is 4.98 Å². The maximum atomic E-state index is 9.13. The molecule has 7 heteroatoms. The molecule has 4 aromatic rings. The average molecular weight is 484 g/mol. The molecule has 0 bridgehead atoms. The van der Waals surface area contributed by atoms with Crippen LogP contribution in [-0.4, -0.2) is 53.6 Å². The van der Waals surface area contributed by atoms with E-state index in [-0.39, 0.29) is 0 Å². The number of benzene rings is 1. The van der Waals surface area contributed by atoms with E-state index in [0.717, 1.165) is 44.9 Å². The number of hydrogen-bond acceptors (Lipinski definition) is 6. The van der Waals surface area contributed by atoms with Gasteiger partial charge in [0.2, 0.25) is 0 Å². The van der Waals surface area contributed by atoms with Crippen LogP contribution in [-0.2, 0) is 11.3 Å². The Morgan fingerprint density at radius 3 is 2.36 bits per heavy atom. The Kier molecular flexibility index (Phi) is 8.32. The van der Waals surface area contributed by atoms with Gasteiger partial charge in [-0.05, 0) is 75.3 Å². The van der Waals surface area contributed by atoms with Crippen LogP contribution in [0, 0.1) is 18.3 Å². The number of nitriles is 1. The van der Waals surface area contributed by atoms with E-state index in [1.165, 1.54) is 32.4 Å². The number of pyridine rings is 2. The lowest BCUT2D eigenvalue weighted by Gasteiger charge is -2.20. The molecule has 1 saturated heterocycles. The van der Waals surface area contributed by atoms with Crippen molar-refractivity contribution in [3.05, 3.63) is 71.9 Å². The van der Waals surface area contributed by atoms with Gasteiger partial charge in [-0.1, -0.05) is 18.6 Å². The Hall–Kier alpha value is -3.73. The van der Waals surface area contributed by atoms with E-state index < -0.39 is 0 Å². The zero-order valence-corrected chi connectivity index (χ0v) is 21.5. The van der Waals surface area contributed by atoms with Crippen LogP contribution in [0.1, 0.15) is 36.1 Å². The van der Waals surface area contributed by atoms with Crippen molar-refractivity contribution in [2.45, 2.75) is 32.8 Å². The molecule has 0 radical (unpaired) electrons. The fourth-order valence-corrected chi connectivity index (χ4v) is 4.52. The third kappa shape index (κ3) is 5.56. The molecule has 186 valence electrons. The molecule has 5 rings (SSSR count). The van der Waals surface area contributed by atoms with E-state index >= 15 is 0 Å². The summed E-state index contributed by atoms with van der Waals surface area (Å²) in [7, 11) is 5.52. The maximum absolute atomic E-state index is 9.13. The highest BCUT2D eigenvalue weighted by atomic mass is 16.5. The molecule has 0 saturated carbocycles. The lowest BCUT2D eigenvalue weighted by atomic mass is 9.97. The highest BCUT2D eigenvalue weighted by molar-refractivity contribution is 5.86. The van der Waals surface area contributed by atoms with Gasteiger partial charge in [-0.15, -0.1) is 0 Å². The van der Waals surface area contributed by atoms with Crippen LogP contribution in [0.25, 0.3) is 27.9 Å². The number of nitrogens with zero attached hydrogens (tertiary/aromatic N) is 5. The average Bonchev–Trinajstić information content (AvgIpc) is 3.40. The summed E-state index contributed by atoms with van der Waals surface area (Å²) in [5, 5.41) is 9.13. The fourth-order valence-electron chi connectivity index (χ4n) is 4.52. The summed E-state index contributed by atoms with van der Waals surface area (Å²) in [5.74, 6) is 0.725. The number of aryl methyl sites for hydroxylation is 1. The monoisotopic (exact) mass is 483 g/mol. The van der Waals surface area contributed by atoms with Gasteiger partial charge < -0.3 is 14.4 Å². The van der Waals surface area contributed by atoms with Crippen molar-refractivity contribution in [2.24, 2.45) is 0 Å². The molecular formula is C29H33N5O2. The van der Waals surface area contributed by atoms with Crippen molar-refractivity contribution in [2.75, 3.05) is 34.4 Å². The quantitative estimate of drug-likeness (QED) is 0.373. The number of aromatic nitrogens is 3. The van der Waals surface area contributed by atoms with Crippen LogP contribution < -0.4 is 4.74 Å². The number of hydrogen-bond donors (Lipinski definition) is 0. The van der Waals surface area contributed by atoms with E-state index in [0.29, 0.717) is 12.2 Å². The van der Waals surface area contributed by atoms with Gasteiger partial charge >= 0.3 is 0 Å². The second-order valence-corrected chi connectivity index (χ2v) is 9.08. The van der Waals surface area contributed by atoms with E-state index in [9.17, 15) is 0 Å². The summed E-state index contributed by atoms with van der Waals surface area (Å²) >= 11 is 0. The van der Waals surface area contributed by atoms with Gasteiger partial charge in [-0.2, -0.15) is 5.26 Å². The largest absolute Gasteiger partial charge is 0.494 e. The number of rotatable bonds is 5. The molecule has 0 aliphatic carbocycles. The fraction of sp³-hybridized carbons (Fsp3) is 0.345. The topological polar surface area (TPSA) is 75.7 Å². The number of fused-ring (bicyclic) bond motifs is 1. The first-order valence-corrected chi connectivity index (χ1v) is 12.2. The first-order chi connectivity index (χ1) is 17.5. The summed E-state index contributed by atoms with van der Waals surface area (Å²) < 4.78 is 13.0. The molecule has 1 aliphatic heterocycles. The number of imidazole rings is 1. The molecule has 0 spiro atoms. The zero-order valence-electron chi connectivity index (χ0n) is 21.5. The van der Waals surface area contributed by atoms with Crippen LogP contribution in [0.4, 0.5) is 0 Å². The minimum atomic E-state index is 0.488. The number of likely N-dealkylation sites (tertiary alicyclic amines) is 1. The van der Waals surface area contributed by atoms with Crippen molar-refractivity contribution in [1.29, 1.82) is 5.26 Å². The summed E-state index contributed by atoms with van der Waals surface area (Å²) in [6.07, 6.45) is 9.69. The van der Waals surface area contributed by atoms with E-state index in [1.807, 2.05) is 47.9 Å². The van der Waals surface area contributed by atoms with Crippen LogP contribution in [0.2, 0.25) is 0 Å². The normalized spacial score (nSPS) is 13.6. The number of methoxy groups -OCH3 is 2. The molecule has 7 nitrogen and oxygen atoms in total. The molecule has 1 aliphatic rings. The molecule has 0 N–H and O–H groups in total. The molecule has 0 unspecified atom stereocenters. The van der Waals surface area contributed by atoms with Crippen molar-refractivity contribution < 1.29 is 9.47 Å². The van der Waals surface area contributed by atoms with Crippen molar-refractivity contribution in [1.82, 2.24) is 19.3 Å². The van der Waals surface area contributed by atoms with E-state index in [4.69, 9.17) is 14.7 Å². The SMILES string of the molecule is CN1CCCCC1.COCc1cc(-c2c(-c3ccc(C#N)cc3)cc(OC)c3cncn23)cnc1C. The lowest BCUT2D eigenvalue weighted by Crippen LogP contribution is -2.24. The summed E-state index contributed by atoms with van der Waals surface area (Å²) in [6.45, 7) is 5.10. The van der Waals surface area contributed by atoms with Gasteiger partial charge in [0.1, 0.15) is 11.3 Å². The second kappa shape index (κ2) is 11.8. The third-order valence-electron chi connectivity index (χ3n) is 6.55. The smallest absolute Gasteiger partial charge is 0.145 e. The second-order valence-electron chi connectivity index (χ2n) is 9.08. The Balaban J connectivity index is 0.000000375. The molecule has 1 aromatic carbocycles. The van der Waals surface area contributed by atoms with Crippen LogP contribution in [0.5, 0.6) is 5.75 Å². The molecule has 0 amide bonds. The third-order valence-corrected chi connectivity index (χ3v) is 6.55. The molecule has 3 aromatic heterocycles. The molecule has 1 fully saturated rings. The summed E-state index contributed by atoms with van der Waals surface area (Å²) in [4.78, 5) is 11.3. The van der Waals surface area contributed by atoms with Crippen molar-refractivity contribution in [3.8, 4) is 34.2 Å². The van der Waals surface area contributed by atoms with Gasteiger partial charge in [-0.3, -0.25) is 9.38 Å². The van der Waals surface area contributed by atoms with Crippen molar-refractivity contribution >= 4 is 5.52 Å². The number of ether oxygens (including phenoxy) is 2. The van der Waals surface area contributed by atoms with Gasteiger partial charge in [0.05, 0.1) is 43.6 Å². The van der Waals surface area contributed by atoms with Crippen molar-refractivity contribution in [3.63, 3.8) is 0 Å². The van der Waals surface area contributed by atoms with Crippen LogP contribution in [0.3, 0.4) is 0 Å². The predicted octanol–water partition coefficient (Wildman–Crippen LogP) is 5.50. The van der Waals surface area contributed by atoms with Gasteiger partial charge in [0.15, 0.2) is 0 Å². The Morgan fingerprint density at radius 1 is 1.00 bits per heavy atom. The number of piperidine rings is 1. The molecule has 0 atom stereocenters. The first kappa shape index (κ1) is 25.4. The van der Waals surface area contributed by atoms with Gasteiger partial charge in [0, 0.05) is 30.1 Å². The zero-order chi connectivity index (χ0) is 25.5. The molecule has 4 heterocycles. The Morgan fingerprint density at radius 2 is 1.75 bits per heavy atom.